The summed E-state index contributed by atoms with van der Waals surface area (Å²) in [6.45, 7) is -0.134. The zero-order chi connectivity index (χ0) is 15.3. The van der Waals surface area contributed by atoms with Crippen LogP contribution in [0.25, 0.3) is 6.08 Å². The molecule has 1 aliphatic rings. The summed E-state index contributed by atoms with van der Waals surface area (Å²) in [6.07, 6.45) is 2.27. The van der Waals surface area contributed by atoms with Gasteiger partial charge in [-0.3, -0.25) is 0 Å². The second kappa shape index (κ2) is 6.98. The molecular formula is C16H19F3O2. The van der Waals surface area contributed by atoms with Gasteiger partial charge in [0.05, 0.1) is 6.61 Å². The molecule has 0 amide bonds. The van der Waals surface area contributed by atoms with Crippen LogP contribution in [-0.2, 0) is 0 Å². The first kappa shape index (κ1) is 15.9. The minimum Gasteiger partial charge on any atom is -0.405 e. The molecule has 0 radical (unpaired) electrons. The van der Waals surface area contributed by atoms with Crippen LogP contribution in [0.15, 0.2) is 29.8 Å². The lowest BCUT2D eigenvalue weighted by atomic mass is 9.83. The van der Waals surface area contributed by atoms with Crippen molar-refractivity contribution in [3.8, 4) is 5.75 Å². The third-order valence-corrected chi connectivity index (χ3v) is 3.80. The van der Waals surface area contributed by atoms with Gasteiger partial charge in [0.1, 0.15) is 5.75 Å². The Morgan fingerprint density at radius 2 is 1.86 bits per heavy atom. The number of benzene rings is 1. The number of ether oxygens (including phenoxy) is 1. The average molecular weight is 300 g/mol. The van der Waals surface area contributed by atoms with Crippen molar-refractivity contribution in [1.82, 2.24) is 0 Å². The highest BCUT2D eigenvalue weighted by atomic mass is 19.4. The molecule has 2 nitrogen and oxygen atoms in total. The molecule has 0 aromatic heterocycles. The van der Waals surface area contributed by atoms with Crippen LogP contribution in [0.3, 0.4) is 0 Å². The van der Waals surface area contributed by atoms with Crippen molar-refractivity contribution in [1.29, 1.82) is 0 Å². The van der Waals surface area contributed by atoms with Crippen molar-refractivity contribution in [3.05, 3.63) is 35.4 Å². The fraction of sp³-hybridized carbons (Fsp3) is 0.500. The van der Waals surface area contributed by atoms with Crippen LogP contribution in [0.2, 0.25) is 0 Å². The van der Waals surface area contributed by atoms with E-state index in [1.165, 1.54) is 18.6 Å². The van der Waals surface area contributed by atoms with Gasteiger partial charge in [0, 0.05) is 5.56 Å². The number of hydrogen-bond donors (Lipinski definition) is 1. The lowest BCUT2D eigenvalue weighted by Crippen LogP contribution is -2.18. The van der Waals surface area contributed by atoms with Gasteiger partial charge in [-0.2, -0.15) is 0 Å². The van der Waals surface area contributed by atoms with Crippen LogP contribution in [0.1, 0.15) is 37.7 Å². The lowest BCUT2D eigenvalue weighted by Gasteiger charge is -2.23. The van der Waals surface area contributed by atoms with Crippen LogP contribution in [0.5, 0.6) is 5.75 Å². The number of aliphatic hydroxyl groups excluding tert-OH is 1. The van der Waals surface area contributed by atoms with Crippen molar-refractivity contribution >= 4 is 6.08 Å². The van der Waals surface area contributed by atoms with Crippen molar-refractivity contribution in [2.24, 2.45) is 5.92 Å². The van der Waals surface area contributed by atoms with Gasteiger partial charge >= 0.3 is 6.36 Å². The molecule has 2 rings (SSSR count). The number of hydrogen-bond acceptors (Lipinski definition) is 2. The number of aliphatic hydroxyl groups is 1. The summed E-state index contributed by atoms with van der Waals surface area (Å²) < 4.78 is 41.2. The van der Waals surface area contributed by atoms with Crippen molar-refractivity contribution < 1.29 is 23.0 Å². The molecule has 1 N–H and O–H groups in total. The van der Waals surface area contributed by atoms with Gasteiger partial charge in [-0.1, -0.05) is 37.5 Å². The number of alkyl halides is 3. The van der Waals surface area contributed by atoms with Gasteiger partial charge in [-0.25, -0.2) is 0 Å². The molecular weight excluding hydrogens is 281 g/mol. The molecule has 0 unspecified atom stereocenters. The molecule has 1 aromatic rings. The molecule has 1 fully saturated rings. The fourth-order valence-electron chi connectivity index (χ4n) is 2.78. The Morgan fingerprint density at radius 1 is 1.19 bits per heavy atom. The molecule has 5 heteroatoms. The van der Waals surface area contributed by atoms with E-state index in [4.69, 9.17) is 0 Å². The first-order chi connectivity index (χ1) is 9.99. The largest absolute Gasteiger partial charge is 0.573 e. The van der Waals surface area contributed by atoms with Crippen LogP contribution in [0.4, 0.5) is 13.2 Å². The van der Waals surface area contributed by atoms with Gasteiger partial charge in [-0.15, -0.1) is 13.2 Å². The summed E-state index contributed by atoms with van der Waals surface area (Å²) in [5, 5.41) is 9.53. The maximum atomic E-state index is 12.4. The van der Waals surface area contributed by atoms with E-state index in [2.05, 4.69) is 4.74 Å². The average Bonchev–Trinajstić information content (AvgIpc) is 2.45. The van der Waals surface area contributed by atoms with Crippen molar-refractivity contribution in [2.45, 2.75) is 38.5 Å². The summed E-state index contributed by atoms with van der Waals surface area (Å²) in [5.41, 5.74) is 1.14. The monoisotopic (exact) mass is 300 g/mol. The molecule has 1 saturated carbocycles. The molecule has 0 aliphatic heterocycles. The number of halogens is 3. The highest BCUT2D eigenvalue weighted by molar-refractivity contribution is 5.60. The minimum absolute atomic E-state index is 0.134. The van der Waals surface area contributed by atoms with E-state index in [9.17, 15) is 18.3 Å². The Morgan fingerprint density at radius 3 is 2.48 bits per heavy atom. The molecule has 21 heavy (non-hydrogen) atoms. The molecule has 0 bridgehead atoms. The third kappa shape index (κ3) is 4.77. The van der Waals surface area contributed by atoms with Gasteiger partial charge in [0.2, 0.25) is 0 Å². The predicted molar refractivity (Wildman–Crippen MR) is 74.8 cm³/mol. The minimum atomic E-state index is -4.71. The van der Waals surface area contributed by atoms with Gasteiger partial charge < -0.3 is 9.84 Å². The smallest absolute Gasteiger partial charge is 0.405 e. The second-order valence-corrected chi connectivity index (χ2v) is 5.30. The highest BCUT2D eigenvalue weighted by Crippen LogP contribution is 2.33. The van der Waals surface area contributed by atoms with Crippen LogP contribution in [0, 0.1) is 5.92 Å². The van der Waals surface area contributed by atoms with E-state index in [1.807, 2.05) is 0 Å². The Hall–Kier alpha value is -1.49. The maximum Gasteiger partial charge on any atom is 0.573 e. The van der Waals surface area contributed by atoms with Crippen LogP contribution >= 0.6 is 0 Å². The summed E-state index contributed by atoms with van der Waals surface area (Å²) >= 11 is 0. The predicted octanol–water partition coefficient (Wildman–Crippen LogP) is 4.54. The zero-order valence-corrected chi connectivity index (χ0v) is 11.7. The summed E-state index contributed by atoms with van der Waals surface area (Å²) in [6, 6.07) is 6.01. The summed E-state index contributed by atoms with van der Waals surface area (Å²) in [7, 11) is 0. The van der Waals surface area contributed by atoms with E-state index >= 15 is 0 Å². The van der Waals surface area contributed by atoms with Crippen LogP contribution in [-0.4, -0.2) is 18.1 Å². The molecule has 0 saturated heterocycles. The first-order valence-electron chi connectivity index (χ1n) is 7.15. The third-order valence-electron chi connectivity index (χ3n) is 3.80. The van der Waals surface area contributed by atoms with E-state index in [1.54, 1.807) is 18.2 Å². The highest BCUT2D eigenvalue weighted by Gasteiger charge is 2.31. The second-order valence-electron chi connectivity index (χ2n) is 5.30. The normalized spacial score (nSPS) is 17.8. The molecule has 0 atom stereocenters. The molecule has 1 aliphatic carbocycles. The first-order valence-corrected chi connectivity index (χ1v) is 7.15. The quantitative estimate of drug-likeness (QED) is 0.884. The number of rotatable bonds is 4. The Balaban J connectivity index is 2.25. The van der Waals surface area contributed by atoms with Crippen molar-refractivity contribution in [2.75, 3.05) is 6.61 Å². The topological polar surface area (TPSA) is 29.5 Å². The molecule has 0 spiro atoms. The zero-order valence-electron chi connectivity index (χ0n) is 11.7. The van der Waals surface area contributed by atoms with Gasteiger partial charge in [-0.05, 0) is 36.5 Å². The lowest BCUT2D eigenvalue weighted by molar-refractivity contribution is -0.274. The summed E-state index contributed by atoms with van der Waals surface area (Å²) in [4.78, 5) is 0. The number of para-hydroxylation sites is 1. The summed E-state index contributed by atoms with van der Waals surface area (Å²) in [5.74, 6) is 0.0226. The SMILES string of the molecule is OC/C(=C/c1ccccc1OC(F)(F)F)C1CCCCC1. The van der Waals surface area contributed by atoms with E-state index < -0.39 is 6.36 Å². The van der Waals surface area contributed by atoms with Crippen LogP contribution < -0.4 is 4.74 Å². The Bertz CT molecular complexity index is 489. The standard InChI is InChI=1S/C16H19F3O2/c17-16(18,19)21-15-9-5-4-8-13(15)10-14(11-20)12-6-2-1-3-7-12/h4-5,8-10,12,20H,1-3,6-7,11H2/b14-10-. The Labute approximate surface area is 122 Å². The van der Waals surface area contributed by atoms with Gasteiger partial charge in [0.15, 0.2) is 0 Å². The molecule has 1 aromatic carbocycles. The Kier molecular flexibility index (Phi) is 5.28. The van der Waals surface area contributed by atoms with Gasteiger partial charge in [0.25, 0.3) is 0 Å². The van der Waals surface area contributed by atoms with E-state index in [-0.39, 0.29) is 18.3 Å². The van der Waals surface area contributed by atoms with E-state index in [0.29, 0.717) is 5.56 Å². The van der Waals surface area contributed by atoms with Crippen molar-refractivity contribution in [3.63, 3.8) is 0 Å². The fourth-order valence-corrected chi connectivity index (χ4v) is 2.78. The molecule has 0 heterocycles. The van der Waals surface area contributed by atoms with E-state index in [0.717, 1.165) is 31.3 Å². The maximum absolute atomic E-state index is 12.4. The molecule has 116 valence electrons.